The van der Waals surface area contributed by atoms with Crippen LogP contribution in [0.2, 0.25) is 0 Å². The molecule has 0 aromatic heterocycles. The molecule has 1 N–H and O–H groups in total. The molecule has 0 saturated carbocycles. The van der Waals surface area contributed by atoms with Gasteiger partial charge in [-0.25, -0.2) is 0 Å². The van der Waals surface area contributed by atoms with Gasteiger partial charge in [-0.05, 0) is 51.6 Å². The SMILES string of the molecule is CC1CCCNC1CC(=O)N1CC2CCCN2CC1C. The normalized spacial score (nSPS) is 38.8. The van der Waals surface area contributed by atoms with Crippen LogP contribution in [0.25, 0.3) is 0 Å². The molecule has 0 radical (unpaired) electrons. The number of amides is 1. The average Bonchev–Trinajstić information content (AvgIpc) is 2.87. The van der Waals surface area contributed by atoms with Crippen molar-refractivity contribution in [3.8, 4) is 0 Å². The zero-order valence-corrected chi connectivity index (χ0v) is 13.0. The van der Waals surface area contributed by atoms with Gasteiger partial charge in [0.25, 0.3) is 0 Å². The fourth-order valence-electron chi connectivity index (χ4n) is 4.23. The van der Waals surface area contributed by atoms with Crippen molar-refractivity contribution in [1.29, 1.82) is 0 Å². The zero-order valence-electron chi connectivity index (χ0n) is 13.0. The Hall–Kier alpha value is -0.610. The van der Waals surface area contributed by atoms with Gasteiger partial charge < -0.3 is 10.2 Å². The van der Waals surface area contributed by atoms with Crippen molar-refractivity contribution >= 4 is 5.91 Å². The summed E-state index contributed by atoms with van der Waals surface area (Å²) < 4.78 is 0. The minimum atomic E-state index is 0.371. The van der Waals surface area contributed by atoms with Crippen LogP contribution >= 0.6 is 0 Å². The van der Waals surface area contributed by atoms with Crippen molar-refractivity contribution in [2.45, 2.75) is 64.1 Å². The summed E-state index contributed by atoms with van der Waals surface area (Å²) in [4.78, 5) is 17.4. The molecule has 3 heterocycles. The van der Waals surface area contributed by atoms with Crippen molar-refractivity contribution < 1.29 is 4.79 Å². The predicted molar refractivity (Wildman–Crippen MR) is 80.6 cm³/mol. The van der Waals surface area contributed by atoms with Crippen LogP contribution in [0.3, 0.4) is 0 Å². The lowest BCUT2D eigenvalue weighted by molar-refractivity contribution is -0.137. The van der Waals surface area contributed by atoms with E-state index in [1.54, 1.807) is 0 Å². The first kappa shape index (κ1) is 14.3. The summed E-state index contributed by atoms with van der Waals surface area (Å²) in [6.45, 7) is 8.84. The number of piperidine rings is 1. The van der Waals surface area contributed by atoms with Crippen LogP contribution in [0.15, 0.2) is 0 Å². The van der Waals surface area contributed by atoms with E-state index in [0.29, 0.717) is 36.4 Å². The van der Waals surface area contributed by atoms with Gasteiger partial charge in [-0.15, -0.1) is 0 Å². The fraction of sp³-hybridized carbons (Fsp3) is 0.938. The number of nitrogens with one attached hydrogen (secondary N) is 1. The quantitative estimate of drug-likeness (QED) is 0.831. The summed E-state index contributed by atoms with van der Waals surface area (Å²) in [5.41, 5.74) is 0. The fourth-order valence-corrected chi connectivity index (χ4v) is 4.23. The van der Waals surface area contributed by atoms with Crippen LogP contribution < -0.4 is 5.32 Å². The molecule has 20 heavy (non-hydrogen) atoms. The van der Waals surface area contributed by atoms with Crippen LogP contribution in [0.1, 0.15) is 46.0 Å². The number of fused-ring (bicyclic) bond motifs is 1. The maximum atomic E-state index is 12.7. The standard InChI is InChI=1S/C16H29N3O/c1-12-5-3-7-17-15(12)9-16(20)19-11-14-6-4-8-18(14)10-13(19)2/h12-15,17H,3-11H2,1-2H3. The van der Waals surface area contributed by atoms with Crippen molar-refractivity contribution in [3.63, 3.8) is 0 Å². The van der Waals surface area contributed by atoms with Gasteiger partial charge in [0.05, 0.1) is 0 Å². The molecular weight excluding hydrogens is 250 g/mol. The Kier molecular flexibility index (Phi) is 4.32. The highest BCUT2D eigenvalue weighted by atomic mass is 16.2. The first-order chi connectivity index (χ1) is 9.65. The van der Waals surface area contributed by atoms with E-state index in [9.17, 15) is 4.79 Å². The lowest BCUT2D eigenvalue weighted by Crippen LogP contribution is -2.57. The number of rotatable bonds is 2. The third kappa shape index (κ3) is 2.86. The number of hydrogen-bond donors (Lipinski definition) is 1. The van der Waals surface area contributed by atoms with E-state index >= 15 is 0 Å². The largest absolute Gasteiger partial charge is 0.337 e. The van der Waals surface area contributed by atoms with Crippen molar-refractivity contribution in [1.82, 2.24) is 15.1 Å². The van der Waals surface area contributed by atoms with E-state index in [1.807, 2.05) is 0 Å². The summed E-state index contributed by atoms with van der Waals surface area (Å²) in [5, 5.41) is 3.54. The van der Waals surface area contributed by atoms with E-state index in [0.717, 1.165) is 19.6 Å². The molecule has 114 valence electrons. The Morgan fingerprint density at radius 3 is 2.85 bits per heavy atom. The van der Waals surface area contributed by atoms with Gasteiger partial charge in [-0.2, -0.15) is 0 Å². The average molecular weight is 279 g/mol. The molecule has 3 aliphatic rings. The molecule has 3 fully saturated rings. The molecule has 4 heteroatoms. The Morgan fingerprint density at radius 1 is 1.20 bits per heavy atom. The maximum Gasteiger partial charge on any atom is 0.224 e. The van der Waals surface area contributed by atoms with Crippen LogP contribution in [0.4, 0.5) is 0 Å². The van der Waals surface area contributed by atoms with Crippen LogP contribution in [0, 0.1) is 5.92 Å². The smallest absolute Gasteiger partial charge is 0.224 e. The van der Waals surface area contributed by atoms with E-state index in [4.69, 9.17) is 0 Å². The van der Waals surface area contributed by atoms with Gasteiger partial charge >= 0.3 is 0 Å². The van der Waals surface area contributed by atoms with Gasteiger partial charge in [0.2, 0.25) is 5.91 Å². The minimum Gasteiger partial charge on any atom is -0.337 e. The Bertz CT molecular complexity index is 360. The maximum absolute atomic E-state index is 12.7. The number of hydrogen-bond acceptors (Lipinski definition) is 3. The van der Waals surface area contributed by atoms with Crippen LogP contribution in [0.5, 0.6) is 0 Å². The van der Waals surface area contributed by atoms with Crippen molar-refractivity contribution in [2.75, 3.05) is 26.2 Å². The van der Waals surface area contributed by atoms with Crippen LogP contribution in [-0.2, 0) is 4.79 Å². The molecule has 4 unspecified atom stereocenters. The van der Waals surface area contributed by atoms with E-state index in [-0.39, 0.29) is 0 Å². The first-order valence-electron chi connectivity index (χ1n) is 8.42. The highest BCUT2D eigenvalue weighted by molar-refractivity contribution is 5.77. The third-order valence-electron chi connectivity index (χ3n) is 5.58. The Labute approximate surface area is 122 Å². The number of piperazine rings is 1. The molecule has 4 nitrogen and oxygen atoms in total. The van der Waals surface area contributed by atoms with E-state index in [2.05, 4.69) is 29.0 Å². The van der Waals surface area contributed by atoms with Gasteiger partial charge in [0.1, 0.15) is 0 Å². The number of carbonyl (C=O) groups excluding carboxylic acids is 1. The summed E-state index contributed by atoms with van der Waals surface area (Å²) >= 11 is 0. The molecule has 0 aromatic carbocycles. The van der Waals surface area contributed by atoms with Gasteiger partial charge in [0.15, 0.2) is 0 Å². The molecule has 3 rings (SSSR count). The topological polar surface area (TPSA) is 35.6 Å². The summed E-state index contributed by atoms with van der Waals surface area (Å²) in [6, 6.07) is 1.41. The Morgan fingerprint density at radius 2 is 2.05 bits per heavy atom. The summed E-state index contributed by atoms with van der Waals surface area (Å²) in [7, 11) is 0. The van der Waals surface area contributed by atoms with Gasteiger partial charge in [-0.3, -0.25) is 9.69 Å². The second-order valence-corrected chi connectivity index (χ2v) is 7.07. The third-order valence-corrected chi connectivity index (χ3v) is 5.58. The lowest BCUT2D eigenvalue weighted by Gasteiger charge is -2.43. The highest BCUT2D eigenvalue weighted by Crippen LogP contribution is 2.26. The van der Waals surface area contributed by atoms with Crippen molar-refractivity contribution in [2.24, 2.45) is 5.92 Å². The molecule has 1 amide bonds. The number of nitrogens with zero attached hydrogens (tertiary/aromatic N) is 2. The van der Waals surface area contributed by atoms with E-state index < -0.39 is 0 Å². The molecule has 0 bridgehead atoms. The lowest BCUT2D eigenvalue weighted by atomic mass is 9.90. The molecule has 0 aliphatic carbocycles. The highest BCUT2D eigenvalue weighted by Gasteiger charge is 2.37. The molecule has 3 aliphatic heterocycles. The van der Waals surface area contributed by atoms with Crippen LogP contribution in [-0.4, -0.2) is 60.0 Å². The summed E-state index contributed by atoms with van der Waals surface area (Å²) in [6.07, 6.45) is 5.79. The van der Waals surface area contributed by atoms with Gasteiger partial charge in [-0.1, -0.05) is 6.92 Å². The van der Waals surface area contributed by atoms with Crippen molar-refractivity contribution in [3.05, 3.63) is 0 Å². The predicted octanol–water partition coefficient (Wildman–Crippen LogP) is 1.46. The van der Waals surface area contributed by atoms with Gasteiger partial charge in [0, 0.05) is 37.6 Å². The Balaban J connectivity index is 1.58. The molecule has 3 saturated heterocycles. The molecule has 0 spiro atoms. The summed E-state index contributed by atoms with van der Waals surface area (Å²) in [5.74, 6) is 1.01. The number of carbonyl (C=O) groups is 1. The minimum absolute atomic E-state index is 0.371. The zero-order chi connectivity index (χ0) is 14.1. The first-order valence-corrected chi connectivity index (χ1v) is 8.42. The second-order valence-electron chi connectivity index (χ2n) is 7.07. The molecular formula is C16H29N3O. The molecule has 0 aromatic rings. The molecule has 4 atom stereocenters. The van der Waals surface area contributed by atoms with E-state index in [1.165, 1.54) is 32.2 Å². The second kappa shape index (κ2) is 6.02. The monoisotopic (exact) mass is 279 g/mol.